The number of likely N-dealkylation sites (N-methyl/N-ethyl adjacent to an activating group) is 1. The number of nitrogens with zero attached hydrogens (tertiary/aromatic N) is 4. The van der Waals surface area contributed by atoms with Gasteiger partial charge in [0.05, 0.1) is 0 Å². The Morgan fingerprint density at radius 1 is 1.39 bits per heavy atom. The molecule has 0 unspecified atom stereocenters. The predicted octanol–water partition coefficient (Wildman–Crippen LogP) is 2.52. The first-order valence-corrected chi connectivity index (χ1v) is 5.72. The first-order chi connectivity index (χ1) is 8.74. The normalized spacial score (nSPS) is 14.4. The summed E-state index contributed by atoms with van der Waals surface area (Å²) in [5.74, 6) is 0.560. The van der Waals surface area contributed by atoms with Gasteiger partial charge >= 0.3 is 0 Å². The Labute approximate surface area is 104 Å². The Kier molecular flexibility index (Phi) is 2.47. The number of aromatic nitrogens is 2. The first kappa shape index (κ1) is 10.8. The molecule has 18 heavy (non-hydrogen) atoms. The summed E-state index contributed by atoms with van der Waals surface area (Å²) in [4.78, 5) is 8.88. The number of anilines is 1. The Morgan fingerprint density at radius 2 is 2.28 bits per heavy atom. The number of fused-ring (bicyclic) bond motifs is 1. The van der Waals surface area contributed by atoms with E-state index in [2.05, 4.69) is 25.1 Å². The molecule has 1 aromatic heterocycles. The van der Waals surface area contributed by atoms with Crippen LogP contribution < -0.4 is 4.90 Å². The van der Waals surface area contributed by atoms with Gasteiger partial charge in [0.15, 0.2) is 0 Å². The lowest BCUT2D eigenvalue weighted by Gasteiger charge is -2.12. The fraction of sp³-hybridized carbons (Fsp3) is 0.250. The van der Waals surface area contributed by atoms with Crippen LogP contribution in [0.5, 0.6) is 5.75 Å². The van der Waals surface area contributed by atoms with Gasteiger partial charge in [-0.15, -0.1) is 10.2 Å². The van der Waals surface area contributed by atoms with Crippen LogP contribution in [0.25, 0.3) is 0 Å². The van der Waals surface area contributed by atoms with Crippen LogP contribution in [0.2, 0.25) is 0 Å². The number of rotatable bonds is 2. The van der Waals surface area contributed by atoms with Gasteiger partial charge in [-0.3, -0.25) is 0 Å². The third-order valence-electron chi connectivity index (χ3n) is 3.04. The molecule has 0 spiro atoms. The maximum absolute atomic E-state index is 9.91. The standard InChI is InChI=1S/C12H13N5O/c1-17-5-2-8-6-9(11(18)7-10(8)17)15-16-12-13-3-4-14-12/h3-4,6-7,18H,2,5H2,1H3,(H,13,14). The van der Waals surface area contributed by atoms with E-state index >= 15 is 0 Å². The fourth-order valence-electron chi connectivity index (χ4n) is 2.07. The number of nitrogens with one attached hydrogen (secondary N) is 1. The molecule has 6 nitrogen and oxygen atoms in total. The molecule has 0 bridgehead atoms. The minimum absolute atomic E-state index is 0.137. The third kappa shape index (κ3) is 1.81. The van der Waals surface area contributed by atoms with Gasteiger partial charge in [-0.1, -0.05) is 0 Å². The molecular weight excluding hydrogens is 230 g/mol. The maximum atomic E-state index is 9.91. The molecule has 92 valence electrons. The maximum Gasteiger partial charge on any atom is 0.246 e. The number of phenols is 1. The largest absolute Gasteiger partial charge is 0.506 e. The highest BCUT2D eigenvalue weighted by atomic mass is 16.3. The van der Waals surface area contributed by atoms with Crippen molar-refractivity contribution in [1.82, 2.24) is 9.97 Å². The van der Waals surface area contributed by atoms with E-state index in [1.807, 2.05) is 13.1 Å². The van der Waals surface area contributed by atoms with Crippen LogP contribution in [0.3, 0.4) is 0 Å². The van der Waals surface area contributed by atoms with Crippen molar-refractivity contribution in [2.45, 2.75) is 6.42 Å². The van der Waals surface area contributed by atoms with Gasteiger partial charge in [-0.2, -0.15) is 0 Å². The summed E-state index contributed by atoms with van der Waals surface area (Å²) >= 11 is 0. The van der Waals surface area contributed by atoms with E-state index < -0.39 is 0 Å². The highest BCUT2D eigenvalue weighted by Gasteiger charge is 2.18. The molecule has 1 aliphatic rings. The van der Waals surface area contributed by atoms with E-state index in [0.29, 0.717) is 11.6 Å². The van der Waals surface area contributed by atoms with Gasteiger partial charge in [0.2, 0.25) is 5.95 Å². The van der Waals surface area contributed by atoms with Crippen molar-refractivity contribution in [1.29, 1.82) is 0 Å². The SMILES string of the molecule is CN1CCc2cc(N=Nc3ncc[nH]3)c(O)cc21. The Hall–Kier alpha value is -2.37. The summed E-state index contributed by atoms with van der Waals surface area (Å²) in [6.45, 7) is 0.966. The minimum atomic E-state index is 0.137. The summed E-state index contributed by atoms with van der Waals surface area (Å²) in [5.41, 5.74) is 2.72. The van der Waals surface area contributed by atoms with Gasteiger partial charge in [0.1, 0.15) is 11.4 Å². The average Bonchev–Trinajstić information content (AvgIpc) is 2.98. The highest BCUT2D eigenvalue weighted by Crippen LogP contribution is 2.37. The zero-order valence-electron chi connectivity index (χ0n) is 9.96. The second kappa shape index (κ2) is 4.14. The molecule has 2 aromatic rings. The van der Waals surface area contributed by atoms with E-state index in [1.165, 1.54) is 5.56 Å². The Balaban J connectivity index is 1.94. The number of aromatic amines is 1. The number of H-pyrrole nitrogens is 1. The van der Waals surface area contributed by atoms with E-state index in [1.54, 1.807) is 18.5 Å². The van der Waals surface area contributed by atoms with E-state index in [9.17, 15) is 5.11 Å². The molecule has 0 saturated heterocycles. The number of hydrogen-bond donors (Lipinski definition) is 2. The lowest BCUT2D eigenvalue weighted by molar-refractivity contribution is 0.476. The molecule has 0 radical (unpaired) electrons. The molecule has 0 amide bonds. The second-order valence-corrected chi connectivity index (χ2v) is 4.25. The third-order valence-corrected chi connectivity index (χ3v) is 3.04. The molecule has 1 aromatic carbocycles. The second-order valence-electron chi connectivity index (χ2n) is 4.25. The van der Waals surface area contributed by atoms with Crippen LogP contribution >= 0.6 is 0 Å². The number of aromatic hydroxyl groups is 1. The van der Waals surface area contributed by atoms with Crippen molar-refractivity contribution in [3.63, 3.8) is 0 Å². The molecule has 2 heterocycles. The van der Waals surface area contributed by atoms with Crippen molar-refractivity contribution < 1.29 is 5.11 Å². The number of phenolic OH excluding ortho intramolecular Hbond substituents is 1. The van der Waals surface area contributed by atoms with E-state index in [4.69, 9.17) is 0 Å². The molecule has 0 fully saturated rings. The lowest BCUT2D eigenvalue weighted by Crippen LogP contribution is -2.12. The van der Waals surface area contributed by atoms with Crippen LogP contribution in [0.1, 0.15) is 5.56 Å². The van der Waals surface area contributed by atoms with Gasteiger partial charge in [-0.05, 0) is 18.1 Å². The van der Waals surface area contributed by atoms with Crippen LogP contribution in [-0.4, -0.2) is 28.7 Å². The first-order valence-electron chi connectivity index (χ1n) is 5.72. The molecular formula is C12H13N5O. The van der Waals surface area contributed by atoms with Gasteiger partial charge in [0, 0.05) is 37.7 Å². The number of imidazole rings is 1. The topological polar surface area (TPSA) is 76.9 Å². The molecule has 0 saturated carbocycles. The van der Waals surface area contributed by atoms with E-state index in [-0.39, 0.29) is 5.75 Å². The zero-order valence-corrected chi connectivity index (χ0v) is 9.96. The summed E-state index contributed by atoms with van der Waals surface area (Å²) in [6, 6.07) is 3.61. The van der Waals surface area contributed by atoms with Crippen LogP contribution in [-0.2, 0) is 6.42 Å². The predicted molar refractivity (Wildman–Crippen MR) is 67.8 cm³/mol. The fourth-order valence-corrected chi connectivity index (χ4v) is 2.07. The highest BCUT2D eigenvalue weighted by molar-refractivity contribution is 5.68. The monoisotopic (exact) mass is 243 g/mol. The number of hydrogen-bond acceptors (Lipinski definition) is 5. The van der Waals surface area contributed by atoms with Crippen molar-refractivity contribution in [3.8, 4) is 5.75 Å². The quantitative estimate of drug-likeness (QED) is 0.795. The van der Waals surface area contributed by atoms with Crippen molar-refractivity contribution >= 4 is 17.3 Å². The average molecular weight is 243 g/mol. The zero-order chi connectivity index (χ0) is 12.5. The molecule has 0 aliphatic carbocycles. The summed E-state index contributed by atoms with van der Waals surface area (Å²) < 4.78 is 0. The Morgan fingerprint density at radius 3 is 3.06 bits per heavy atom. The summed E-state index contributed by atoms with van der Waals surface area (Å²) in [5, 5.41) is 17.9. The lowest BCUT2D eigenvalue weighted by atomic mass is 10.1. The van der Waals surface area contributed by atoms with Crippen molar-refractivity contribution in [2.24, 2.45) is 10.2 Å². The van der Waals surface area contributed by atoms with Crippen molar-refractivity contribution in [3.05, 3.63) is 30.1 Å². The smallest absolute Gasteiger partial charge is 0.246 e. The molecule has 0 atom stereocenters. The minimum Gasteiger partial charge on any atom is -0.506 e. The molecule has 3 rings (SSSR count). The van der Waals surface area contributed by atoms with Crippen LogP contribution in [0.4, 0.5) is 17.3 Å². The van der Waals surface area contributed by atoms with Crippen LogP contribution in [0.15, 0.2) is 34.8 Å². The summed E-state index contributed by atoms with van der Waals surface area (Å²) in [6.07, 6.45) is 4.24. The van der Waals surface area contributed by atoms with Gasteiger partial charge in [-0.25, -0.2) is 4.98 Å². The van der Waals surface area contributed by atoms with Crippen LogP contribution in [0, 0.1) is 0 Å². The van der Waals surface area contributed by atoms with Gasteiger partial charge < -0.3 is 15.0 Å². The number of azo groups is 1. The van der Waals surface area contributed by atoms with Crippen molar-refractivity contribution in [2.75, 3.05) is 18.5 Å². The van der Waals surface area contributed by atoms with Gasteiger partial charge in [0.25, 0.3) is 0 Å². The Bertz CT molecular complexity index is 591. The number of benzene rings is 1. The van der Waals surface area contributed by atoms with E-state index in [0.717, 1.165) is 18.7 Å². The summed E-state index contributed by atoms with van der Waals surface area (Å²) in [7, 11) is 2.01. The molecule has 6 heteroatoms. The molecule has 2 N–H and O–H groups in total. The molecule has 1 aliphatic heterocycles.